The van der Waals surface area contributed by atoms with E-state index in [2.05, 4.69) is 16.1 Å². The van der Waals surface area contributed by atoms with Crippen molar-refractivity contribution in [2.75, 3.05) is 5.32 Å². The summed E-state index contributed by atoms with van der Waals surface area (Å²) < 4.78 is 0. The fourth-order valence-corrected chi connectivity index (χ4v) is 3.01. The van der Waals surface area contributed by atoms with Gasteiger partial charge in [0.2, 0.25) is 0 Å². The van der Waals surface area contributed by atoms with Gasteiger partial charge in [-0.2, -0.15) is 5.01 Å². The molecule has 1 aromatic rings. The number of anilines is 1. The first-order chi connectivity index (χ1) is 11.2. The Hall–Kier alpha value is -2.51. The highest BCUT2D eigenvalue weighted by molar-refractivity contribution is 6.32. The van der Waals surface area contributed by atoms with Crippen molar-refractivity contribution in [1.29, 1.82) is 0 Å². The van der Waals surface area contributed by atoms with Crippen LogP contribution < -0.4 is 21.5 Å². The molecule has 7 nitrogen and oxygen atoms in total. The van der Waals surface area contributed by atoms with Crippen LogP contribution in [0.25, 0.3) is 0 Å². The van der Waals surface area contributed by atoms with Crippen LogP contribution in [0.1, 0.15) is 27.7 Å². The molecule has 128 valence electrons. The molecule has 24 heavy (non-hydrogen) atoms. The molecule has 0 saturated carbocycles. The highest BCUT2D eigenvalue weighted by Gasteiger charge is 2.55. The Morgan fingerprint density at radius 1 is 1.12 bits per heavy atom. The van der Waals surface area contributed by atoms with Gasteiger partial charge in [-0.25, -0.2) is 15.0 Å². The molecule has 0 atom stereocenters. The highest BCUT2D eigenvalue weighted by atomic mass is 16.2. The van der Waals surface area contributed by atoms with Gasteiger partial charge in [-0.1, -0.05) is 45.3 Å². The molecule has 5 amide bonds. The molecular formula is C16H23BN4O3. The zero-order valence-electron chi connectivity index (χ0n) is 14.6. The van der Waals surface area contributed by atoms with E-state index >= 15 is 0 Å². The number of amides is 5. The lowest BCUT2D eigenvalue weighted by atomic mass is 9.77. The Balaban J connectivity index is 2.12. The minimum atomic E-state index is -1.02. The van der Waals surface area contributed by atoms with E-state index in [1.165, 1.54) is 0 Å². The fraction of sp³-hybridized carbons (Fsp3) is 0.438. The molecule has 0 radical (unpaired) electrons. The SMILES string of the molecule is Bc1ccc(NC(=O)NN2C(=O)NC(C(C)C)(C(C)C)C2=O)cc1. The summed E-state index contributed by atoms with van der Waals surface area (Å²) in [6.07, 6.45) is 0. The quantitative estimate of drug-likeness (QED) is 0.557. The monoisotopic (exact) mass is 330 g/mol. The number of benzene rings is 1. The Labute approximate surface area is 142 Å². The van der Waals surface area contributed by atoms with Crippen LogP contribution in [0.3, 0.4) is 0 Å². The van der Waals surface area contributed by atoms with E-state index < -0.39 is 23.5 Å². The van der Waals surface area contributed by atoms with Crippen molar-refractivity contribution in [1.82, 2.24) is 15.8 Å². The lowest BCUT2D eigenvalue weighted by molar-refractivity contribution is -0.136. The molecule has 0 aromatic heterocycles. The standard InChI is InChI=1S/C16H23BN4O3/c1-9(2)16(10(3)4)13(22)21(15(24)19-16)20-14(23)18-12-7-5-11(17)6-8-12/h5-10H,17H2,1-4H3,(H,19,24)(H2,18,20,23). The van der Waals surface area contributed by atoms with E-state index in [0.29, 0.717) is 5.69 Å². The first-order valence-electron chi connectivity index (χ1n) is 7.99. The molecule has 1 saturated heterocycles. The Bertz CT molecular complexity index is 650. The Kier molecular flexibility index (Phi) is 4.87. The zero-order valence-corrected chi connectivity index (χ0v) is 14.6. The predicted octanol–water partition coefficient (Wildman–Crippen LogP) is 0.584. The van der Waals surface area contributed by atoms with Gasteiger partial charge in [-0.3, -0.25) is 4.79 Å². The third-order valence-corrected chi connectivity index (χ3v) is 4.42. The van der Waals surface area contributed by atoms with E-state index in [9.17, 15) is 14.4 Å². The normalized spacial score (nSPS) is 16.5. The molecule has 1 heterocycles. The van der Waals surface area contributed by atoms with Crippen LogP contribution in [0.2, 0.25) is 0 Å². The van der Waals surface area contributed by atoms with Crippen molar-refractivity contribution >= 4 is 37.0 Å². The molecule has 0 spiro atoms. The van der Waals surface area contributed by atoms with Gasteiger partial charge >= 0.3 is 12.1 Å². The average molecular weight is 330 g/mol. The minimum absolute atomic E-state index is 0.110. The van der Waals surface area contributed by atoms with Gasteiger partial charge in [-0.05, 0) is 24.0 Å². The number of nitrogens with zero attached hydrogens (tertiary/aromatic N) is 1. The van der Waals surface area contributed by atoms with Gasteiger partial charge in [0.15, 0.2) is 0 Å². The minimum Gasteiger partial charge on any atom is -0.321 e. The summed E-state index contributed by atoms with van der Waals surface area (Å²) in [5, 5.41) is 6.09. The lowest BCUT2D eigenvalue weighted by Gasteiger charge is -2.34. The molecule has 0 bridgehead atoms. The molecule has 8 heteroatoms. The van der Waals surface area contributed by atoms with Crippen LogP contribution in [0, 0.1) is 11.8 Å². The van der Waals surface area contributed by atoms with Crippen LogP contribution in [0.4, 0.5) is 15.3 Å². The third kappa shape index (κ3) is 3.08. The molecule has 1 aromatic carbocycles. The van der Waals surface area contributed by atoms with Crippen molar-refractivity contribution in [3.63, 3.8) is 0 Å². The summed E-state index contributed by atoms with van der Waals surface area (Å²) in [5.41, 5.74) is 2.94. The van der Waals surface area contributed by atoms with Gasteiger partial charge < -0.3 is 10.6 Å². The Morgan fingerprint density at radius 2 is 1.67 bits per heavy atom. The van der Waals surface area contributed by atoms with Gasteiger partial charge in [-0.15, -0.1) is 0 Å². The van der Waals surface area contributed by atoms with E-state index in [1.807, 2.05) is 47.7 Å². The summed E-state index contributed by atoms with van der Waals surface area (Å²) >= 11 is 0. The molecule has 1 fully saturated rings. The van der Waals surface area contributed by atoms with Gasteiger partial charge in [0.1, 0.15) is 13.4 Å². The topological polar surface area (TPSA) is 90.5 Å². The lowest BCUT2D eigenvalue weighted by Crippen LogP contribution is -2.57. The van der Waals surface area contributed by atoms with E-state index in [4.69, 9.17) is 0 Å². The van der Waals surface area contributed by atoms with Gasteiger partial charge in [0, 0.05) is 5.69 Å². The number of urea groups is 2. The van der Waals surface area contributed by atoms with Crippen molar-refractivity contribution in [3.8, 4) is 0 Å². The van der Waals surface area contributed by atoms with Crippen LogP contribution in [-0.4, -0.2) is 36.4 Å². The molecule has 1 aliphatic heterocycles. The largest absolute Gasteiger partial charge is 0.344 e. The van der Waals surface area contributed by atoms with Crippen LogP contribution >= 0.6 is 0 Å². The summed E-state index contributed by atoms with van der Waals surface area (Å²) in [4.78, 5) is 37.0. The van der Waals surface area contributed by atoms with Crippen molar-refractivity contribution in [2.45, 2.75) is 33.2 Å². The van der Waals surface area contributed by atoms with Crippen LogP contribution in [-0.2, 0) is 4.79 Å². The van der Waals surface area contributed by atoms with Gasteiger partial charge in [0.05, 0.1) is 0 Å². The van der Waals surface area contributed by atoms with E-state index in [1.54, 1.807) is 12.1 Å². The second-order valence-corrected chi connectivity index (χ2v) is 6.68. The summed E-state index contributed by atoms with van der Waals surface area (Å²) in [6, 6.07) is 5.92. The average Bonchev–Trinajstić information content (AvgIpc) is 2.75. The molecule has 1 aliphatic rings. The number of rotatable bonds is 4. The van der Waals surface area contributed by atoms with Gasteiger partial charge in [0.25, 0.3) is 5.91 Å². The fourth-order valence-electron chi connectivity index (χ4n) is 3.01. The number of carbonyl (C=O) groups is 3. The summed E-state index contributed by atoms with van der Waals surface area (Å²) in [5.74, 6) is -0.668. The van der Waals surface area contributed by atoms with Crippen molar-refractivity contribution in [2.24, 2.45) is 11.8 Å². The van der Waals surface area contributed by atoms with E-state index in [-0.39, 0.29) is 11.8 Å². The highest BCUT2D eigenvalue weighted by Crippen LogP contribution is 2.32. The summed E-state index contributed by atoms with van der Waals surface area (Å²) in [7, 11) is 1.94. The third-order valence-electron chi connectivity index (χ3n) is 4.42. The number of imide groups is 1. The number of nitrogens with one attached hydrogen (secondary N) is 3. The smallest absolute Gasteiger partial charge is 0.321 e. The number of hydrazine groups is 1. The maximum absolute atomic E-state index is 12.8. The zero-order chi connectivity index (χ0) is 18.1. The van der Waals surface area contributed by atoms with Crippen LogP contribution in [0.5, 0.6) is 0 Å². The maximum atomic E-state index is 12.8. The van der Waals surface area contributed by atoms with Crippen molar-refractivity contribution < 1.29 is 14.4 Å². The Morgan fingerprint density at radius 3 is 2.12 bits per heavy atom. The molecular weight excluding hydrogens is 307 g/mol. The molecule has 3 N–H and O–H groups in total. The molecule has 0 unspecified atom stereocenters. The summed E-state index contributed by atoms with van der Waals surface area (Å²) in [6.45, 7) is 7.48. The first kappa shape index (κ1) is 17.8. The second kappa shape index (κ2) is 6.55. The van der Waals surface area contributed by atoms with Crippen molar-refractivity contribution in [3.05, 3.63) is 24.3 Å². The second-order valence-electron chi connectivity index (χ2n) is 6.68. The molecule has 0 aliphatic carbocycles. The molecule has 2 rings (SSSR count). The van der Waals surface area contributed by atoms with Crippen LogP contribution in [0.15, 0.2) is 24.3 Å². The maximum Gasteiger partial charge on any atom is 0.344 e. The van der Waals surface area contributed by atoms with E-state index in [0.717, 1.165) is 10.5 Å². The number of hydrogen-bond acceptors (Lipinski definition) is 3. The number of carbonyl (C=O) groups excluding carboxylic acids is 3. The number of hydrogen-bond donors (Lipinski definition) is 3. The predicted molar refractivity (Wildman–Crippen MR) is 94.6 cm³/mol. The first-order valence-corrected chi connectivity index (χ1v) is 7.99.